The van der Waals surface area contributed by atoms with Gasteiger partial charge in [0.2, 0.25) is 5.88 Å². The van der Waals surface area contributed by atoms with E-state index in [1.54, 1.807) is 24.4 Å². The molecule has 0 radical (unpaired) electrons. The molecule has 0 atom stereocenters. The highest BCUT2D eigenvalue weighted by atomic mass is 32.1. The van der Waals surface area contributed by atoms with Crippen LogP contribution in [0.4, 0.5) is 0 Å². The molecule has 0 saturated heterocycles. The van der Waals surface area contributed by atoms with Gasteiger partial charge in [0.05, 0.1) is 22.5 Å². The molecule has 0 aliphatic rings. The van der Waals surface area contributed by atoms with E-state index >= 15 is 0 Å². The molecule has 10 nitrogen and oxygen atoms in total. The van der Waals surface area contributed by atoms with Crippen molar-refractivity contribution in [2.45, 2.75) is 6.54 Å². The molecule has 4 rings (SSSR count). The Morgan fingerprint density at radius 1 is 1.28 bits per heavy atom. The van der Waals surface area contributed by atoms with Gasteiger partial charge in [0, 0.05) is 12.4 Å². The van der Waals surface area contributed by atoms with Crippen LogP contribution in [0, 0.1) is 0 Å². The quantitative estimate of drug-likeness (QED) is 0.418. The number of aromatic hydroxyl groups is 1. The van der Waals surface area contributed by atoms with E-state index in [9.17, 15) is 19.5 Å². The minimum atomic E-state index is -0.580. The van der Waals surface area contributed by atoms with Crippen molar-refractivity contribution in [1.29, 1.82) is 0 Å². The number of hydrogen-bond donors (Lipinski definition) is 3. The number of aromatic nitrogens is 5. The molecule has 0 saturated carbocycles. The first-order chi connectivity index (χ1) is 14.0. The number of H-pyrrole nitrogens is 1. The van der Waals surface area contributed by atoms with Crippen LogP contribution in [-0.4, -0.2) is 42.2 Å². The maximum atomic E-state index is 12.4. The van der Waals surface area contributed by atoms with Crippen LogP contribution in [0.2, 0.25) is 0 Å². The summed E-state index contributed by atoms with van der Waals surface area (Å²) in [5, 5.41) is 12.8. The number of nitrogens with one attached hydrogen (secondary N) is 2. The SMILES string of the molecule is O=Cc1cnc(CNC(=O)c2cc3nc(-c4ccccn4)nc(O)c3s2)[nH]c1=O. The van der Waals surface area contributed by atoms with E-state index in [1.807, 2.05) is 0 Å². The van der Waals surface area contributed by atoms with E-state index in [4.69, 9.17) is 0 Å². The zero-order valence-corrected chi connectivity index (χ0v) is 15.4. The normalized spacial score (nSPS) is 10.8. The Kier molecular flexibility index (Phi) is 4.79. The molecule has 0 aliphatic carbocycles. The Bertz CT molecular complexity index is 1280. The molecular weight excluding hydrogens is 396 g/mol. The molecule has 0 aromatic carbocycles. The second-order valence-electron chi connectivity index (χ2n) is 5.83. The van der Waals surface area contributed by atoms with Crippen LogP contribution in [0.25, 0.3) is 21.7 Å². The van der Waals surface area contributed by atoms with Crippen molar-refractivity contribution in [1.82, 2.24) is 30.2 Å². The molecule has 3 N–H and O–H groups in total. The van der Waals surface area contributed by atoms with Crippen LogP contribution in [0.1, 0.15) is 25.9 Å². The second kappa shape index (κ2) is 7.56. The topological polar surface area (TPSA) is 151 Å². The molecule has 11 heteroatoms. The molecule has 4 heterocycles. The average molecular weight is 408 g/mol. The molecule has 0 bridgehead atoms. The second-order valence-corrected chi connectivity index (χ2v) is 6.88. The van der Waals surface area contributed by atoms with Gasteiger partial charge in [0.1, 0.15) is 16.2 Å². The molecule has 1 amide bonds. The van der Waals surface area contributed by atoms with Gasteiger partial charge in [0.15, 0.2) is 12.1 Å². The van der Waals surface area contributed by atoms with Crippen LogP contribution >= 0.6 is 11.3 Å². The average Bonchev–Trinajstić information content (AvgIpc) is 3.18. The molecule has 4 aromatic rings. The number of aldehydes is 1. The molecule has 0 unspecified atom stereocenters. The first-order valence-corrected chi connectivity index (χ1v) is 9.10. The zero-order chi connectivity index (χ0) is 20.4. The van der Waals surface area contributed by atoms with Gasteiger partial charge in [0.25, 0.3) is 11.5 Å². The number of amides is 1. The third-order valence-electron chi connectivity index (χ3n) is 3.89. The van der Waals surface area contributed by atoms with Crippen LogP contribution < -0.4 is 10.9 Å². The summed E-state index contributed by atoms with van der Waals surface area (Å²) in [5.41, 5.74) is 0.233. The maximum absolute atomic E-state index is 12.4. The minimum absolute atomic E-state index is 0.0434. The summed E-state index contributed by atoms with van der Waals surface area (Å²) in [7, 11) is 0. The number of thiophene rings is 1. The fourth-order valence-electron chi connectivity index (χ4n) is 2.50. The smallest absolute Gasteiger partial charge is 0.261 e. The third-order valence-corrected chi connectivity index (χ3v) is 5.01. The molecule has 144 valence electrons. The summed E-state index contributed by atoms with van der Waals surface area (Å²) in [4.78, 5) is 53.9. The maximum Gasteiger partial charge on any atom is 0.261 e. The van der Waals surface area contributed by atoms with E-state index in [0.717, 1.165) is 17.5 Å². The Labute approximate surface area is 166 Å². The number of carbonyl (C=O) groups is 2. The van der Waals surface area contributed by atoms with Crippen LogP contribution in [0.5, 0.6) is 5.88 Å². The molecule has 0 aliphatic heterocycles. The van der Waals surface area contributed by atoms with Crippen molar-refractivity contribution < 1.29 is 14.7 Å². The largest absolute Gasteiger partial charge is 0.492 e. The van der Waals surface area contributed by atoms with E-state index < -0.39 is 11.5 Å². The van der Waals surface area contributed by atoms with Gasteiger partial charge in [-0.2, -0.15) is 4.98 Å². The summed E-state index contributed by atoms with van der Waals surface area (Å²) in [5.74, 6) is -0.225. The van der Waals surface area contributed by atoms with E-state index in [0.29, 0.717) is 27.1 Å². The number of nitrogens with zero attached hydrogens (tertiary/aromatic N) is 4. The highest BCUT2D eigenvalue weighted by Gasteiger charge is 2.17. The highest BCUT2D eigenvalue weighted by Crippen LogP contribution is 2.32. The van der Waals surface area contributed by atoms with Gasteiger partial charge in [-0.15, -0.1) is 11.3 Å². The Morgan fingerprint density at radius 2 is 2.14 bits per heavy atom. The lowest BCUT2D eigenvalue weighted by Crippen LogP contribution is -2.25. The van der Waals surface area contributed by atoms with E-state index in [1.165, 1.54) is 6.07 Å². The van der Waals surface area contributed by atoms with Crippen molar-refractivity contribution in [3.8, 4) is 17.4 Å². The number of rotatable bonds is 5. The fraction of sp³-hybridized carbons (Fsp3) is 0.0556. The zero-order valence-electron chi connectivity index (χ0n) is 14.6. The Hall–Kier alpha value is -3.99. The number of carbonyl (C=O) groups excluding carboxylic acids is 2. The predicted molar refractivity (Wildman–Crippen MR) is 104 cm³/mol. The lowest BCUT2D eigenvalue weighted by Gasteiger charge is -2.02. The minimum Gasteiger partial charge on any atom is -0.492 e. The summed E-state index contributed by atoms with van der Waals surface area (Å²) < 4.78 is 0.372. The molecule has 29 heavy (non-hydrogen) atoms. The lowest BCUT2D eigenvalue weighted by atomic mass is 10.3. The van der Waals surface area contributed by atoms with Crippen LogP contribution in [-0.2, 0) is 6.54 Å². The first-order valence-electron chi connectivity index (χ1n) is 8.28. The molecule has 0 spiro atoms. The van der Waals surface area contributed by atoms with E-state index in [2.05, 4.69) is 30.2 Å². The van der Waals surface area contributed by atoms with Crippen molar-refractivity contribution in [2.75, 3.05) is 0 Å². The van der Waals surface area contributed by atoms with Crippen LogP contribution in [0.15, 0.2) is 41.5 Å². The number of pyridine rings is 1. The fourth-order valence-corrected chi connectivity index (χ4v) is 3.40. The van der Waals surface area contributed by atoms with Crippen molar-refractivity contribution in [3.05, 3.63) is 63.3 Å². The third kappa shape index (κ3) is 3.71. The Morgan fingerprint density at radius 3 is 2.86 bits per heavy atom. The number of fused-ring (bicyclic) bond motifs is 1. The monoisotopic (exact) mass is 408 g/mol. The summed E-state index contributed by atoms with van der Waals surface area (Å²) in [6.45, 7) is -0.0434. The summed E-state index contributed by atoms with van der Waals surface area (Å²) in [6, 6.07) is 6.78. The van der Waals surface area contributed by atoms with Crippen molar-refractivity contribution in [2.24, 2.45) is 0 Å². The summed E-state index contributed by atoms with van der Waals surface area (Å²) >= 11 is 1.03. The van der Waals surface area contributed by atoms with Crippen molar-refractivity contribution in [3.63, 3.8) is 0 Å². The van der Waals surface area contributed by atoms with Crippen LogP contribution in [0.3, 0.4) is 0 Å². The molecule has 4 aromatic heterocycles. The van der Waals surface area contributed by atoms with Gasteiger partial charge in [-0.3, -0.25) is 19.4 Å². The standard InChI is InChI=1S/C18H12N6O4S/c25-8-9-6-20-13(23-16(9)26)7-21-17(27)12-5-11-14(29-12)18(28)24-15(22-11)10-3-1-2-4-19-10/h1-6,8H,7H2,(H,21,27)(H,20,23,26)(H,22,24,28). The van der Waals surface area contributed by atoms with E-state index in [-0.39, 0.29) is 29.6 Å². The highest BCUT2D eigenvalue weighted by molar-refractivity contribution is 7.21. The molecule has 0 fully saturated rings. The summed E-state index contributed by atoms with van der Waals surface area (Å²) in [6.07, 6.45) is 3.13. The lowest BCUT2D eigenvalue weighted by molar-refractivity contribution is 0.0953. The number of hydrogen-bond acceptors (Lipinski definition) is 9. The van der Waals surface area contributed by atoms with Gasteiger partial charge in [-0.1, -0.05) is 6.07 Å². The van der Waals surface area contributed by atoms with Gasteiger partial charge >= 0.3 is 0 Å². The molecular formula is C18H12N6O4S. The van der Waals surface area contributed by atoms with Gasteiger partial charge in [-0.25, -0.2) is 9.97 Å². The Balaban J connectivity index is 1.56. The van der Waals surface area contributed by atoms with Gasteiger partial charge < -0.3 is 15.4 Å². The predicted octanol–water partition coefficient (Wildman–Crippen LogP) is 1.28. The van der Waals surface area contributed by atoms with Gasteiger partial charge in [-0.05, 0) is 18.2 Å². The van der Waals surface area contributed by atoms with Crippen molar-refractivity contribution >= 4 is 33.7 Å². The number of aromatic amines is 1. The first kappa shape index (κ1) is 18.4.